The third-order valence-electron chi connectivity index (χ3n) is 3.06. The number of hydrogen-bond donors (Lipinski definition) is 0. The highest BCUT2D eigenvalue weighted by Crippen LogP contribution is 2.32. The molecule has 0 aliphatic carbocycles. The van der Waals surface area contributed by atoms with Gasteiger partial charge in [-0.05, 0) is 44.4 Å². The quantitative estimate of drug-likeness (QED) is 0.440. The number of benzene rings is 1. The Bertz CT molecular complexity index is 427. The van der Waals surface area contributed by atoms with Crippen molar-refractivity contribution < 1.29 is 4.92 Å². The van der Waals surface area contributed by atoms with Gasteiger partial charge in [-0.2, -0.15) is 0 Å². The average Bonchev–Trinajstić information content (AvgIpc) is 2.15. The third kappa shape index (κ3) is 1.84. The van der Waals surface area contributed by atoms with E-state index in [2.05, 4.69) is 0 Å². The molecule has 15 heavy (non-hydrogen) atoms. The second-order valence-corrected chi connectivity index (χ2v) is 3.99. The zero-order valence-corrected chi connectivity index (χ0v) is 10.1. The molecule has 1 aromatic carbocycles. The molecule has 0 heterocycles. The maximum atomic E-state index is 10.9. The fourth-order valence-corrected chi connectivity index (χ4v) is 2.27. The molecule has 0 bridgehead atoms. The van der Waals surface area contributed by atoms with Gasteiger partial charge in [-0.15, -0.1) is 11.6 Å². The zero-order valence-electron chi connectivity index (χ0n) is 9.35. The summed E-state index contributed by atoms with van der Waals surface area (Å²) < 4.78 is 0. The van der Waals surface area contributed by atoms with Crippen molar-refractivity contribution in [2.75, 3.05) is 0 Å². The summed E-state index contributed by atoms with van der Waals surface area (Å²) >= 11 is 5.82. The molecule has 1 rings (SSSR count). The van der Waals surface area contributed by atoms with Gasteiger partial charge >= 0.3 is 0 Å². The summed E-state index contributed by atoms with van der Waals surface area (Å²) in [5, 5.41) is 10.9. The lowest BCUT2D eigenvalue weighted by Crippen LogP contribution is -2.04. The summed E-state index contributed by atoms with van der Waals surface area (Å²) in [6.07, 6.45) is 0. The highest BCUT2D eigenvalue weighted by atomic mass is 35.5. The van der Waals surface area contributed by atoms with E-state index in [1.165, 1.54) is 0 Å². The number of halogens is 1. The van der Waals surface area contributed by atoms with Crippen molar-refractivity contribution in [3.8, 4) is 0 Å². The van der Waals surface area contributed by atoms with Crippen molar-refractivity contribution in [2.45, 2.75) is 33.6 Å². The zero-order chi connectivity index (χ0) is 11.7. The molecular formula is C11H14ClNO2. The van der Waals surface area contributed by atoms with Crippen LogP contribution in [0.5, 0.6) is 0 Å². The van der Waals surface area contributed by atoms with E-state index >= 15 is 0 Å². The summed E-state index contributed by atoms with van der Waals surface area (Å²) in [6.45, 7) is 7.39. The van der Waals surface area contributed by atoms with Crippen LogP contribution in [0.15, 0.2) is 0 Å². The molecule has 1 aromatic rings. The van der Waals surface area contributed by atoms with Gasteiger partial charge in [0, 0.05) is 17.0 Å². The molecule has 0 amide bonds. The largest absolute Gasteiger partial charge is 0.275 e. The first-order valence-electron chi connectivity index (χ1n) is 4.71. The molecule has 3 nitrogen and oxygen atoms in total. The van der Waals surface area contributed by atoms with E-state index in [0.29, 0.717) is 11.4 Å². The molecule has 0 fully saturated rings. The van der Waals surface area contributed by atoms with Crippen molar-refractivity contribution in [1.29, 1.82) is 0 Å². The molecule has 0 aliphatic heterocycles. The van der Waals surface area contributed by atoms with E-state index in [1.807, 2.05) is 13.8 Å². The molecular weight excluding hydrogens is 214 g/mol. The normalized spacial score (nSPS) is 10.5. The van der Waals surface area contributed by atoms with Crippen LogP contribution in [0.1, 0.15) is 27.8 Å². The van der Waals surface area contributed by atoms with Crippen LogP contribution in [0.4, 0.5) is 5.69 Å². The Balaban J connectivity index is 3.68. The Morgan fingerprint density at radius 2 is 1.60 bits per heavy atom. The van der Waals surface area contributed by atoms with Crippen LogP contribution in [0.3, 0.4) is 0 Å². The number of nitrogens with zero attached hydrogens (tertiary/aromatic N) is 1. The van der Waals surface area contributed by atoms with Crippen molar-refractivity contribution in [3.05, 3.63) is 37.9 Å². The van der Waals surface area contributed by atoms with Gasteiger partial charge in [0.05, 0.1) is 4.92 Å². The van der Waals surface area contributed by atoms with Crippen LogP contribution in [0.2, 0.25) is 0 Å². The van der Waals surface area contributed by atoms with E-state index in [-0.39, 0.29) is 10.6 Å². The molecule has 0 radical (unpaired) electrons. The fraction of sp³-hybridized carbons (Fsp3) is 0.455. The number of hydrogen-bond acceptors (Lipinski definition) is 2. The van der Waals surface area contributed by atoms with E-state index < -0.39 is 0 Å². The predicted molar refractivity (Wildman–Crippen MR) is 61.6 cm³/mol. The molecule has 0 saturated heterocycles. The minimum atomic E-state index is -0.326. The Morgan fingerprint density at radius 3 is 2.00 bits per heavy atom. The summed E-state index contributed by atoms with van der Waals surface area (Å²) in [7, 11) is 0. The summed E-state index contributed by atoms with van der Waals surface area (Å²) in [5.41, 5.74) is 4.54. The van der Waals surface area contributed by atoms with E-state index in [4.69, 9.17) is 11.6 Å². The molecule has 0 unspecified atom stereocenters. The first kappa shape index (κ1) is 12.0. The third-order valence-corrected chi connectivity index (χ3v) is 3.32. The first-order chi connectivity index (χ1) is 6.91. The smallest absolute Gasteiger partial charge is 0.258 e. The van der Waals surface area contributed by atoms with Gasteiger partial charge < -0.3 is 0 Å². The molecule has 0 spiro atoms. The van der Waals surface area contributed by atoms with Gasteiger partial charge in [0.2, 0.25) is 0 Å². The van der Waals surface area contributed by atoms with Gasteiger partial charge in [0.25, 0.3) is 5.69 Å². The highest BCUT2D eigenvalue weighted by molar-refractivity contribution is 6.17. The van der Waals surface area contributed by atoms with Crippen molar-refractivity contribution in [3.63, 3.8) is 0 Å². The average molecular weight is 228 g/mol. The Labute approximate surface area is 94.2 Å². The maximum absolute atomic E-state index is 10.9. The monoisotopic (exact) mass is 227 g/mol. The Kier molecular flexibility index (Phi) is 3.35. The van der Waals surface area contributed by atoms with Crippen molar-refractivity contribution >= 4 is 17.3 Å². The van der Waals surface area contributed by atoms with Crippen LogP contribution in [0, 0.1) is 37.8 Å². The molecule has 0 N–H and O–H groups in total. The first-order valence-corrected chi connectivity index (χ1v) is 5.24. The summed E-state index contributed by atoms with van der Waals surface area (Å²) in [5.74, 6) is 0.319. The van der Waals surface area contributed by atoms with Crippen LogP contribution < -0.4 is 0 Å². The molecule has 0 aromatic heterocycles. The fourth-order valence-electron chi connectivity index (χ4n) is 1.86. The standard InChI is InChI=1S/C11H14ClNO2/c1-6-7(2)10(5-12)9(4)11(8(6)3)13(14)15/h5H2,1-4H3. The van der Waals surface area contributed by atoms with E-state index in [0.717, 1.165) is 22.3 Å². The molecule has 0 saturated carbocycles. The minimum Gasteiger partial charge on any atom is -0.258 e. The van der Waals surface area contributed by atoms with Crippen LogP contribution >= 0.6 is 11.6 Å². The van der Waals surface area contributed by atoms with Gasteiger partial charge in [-0.1, -0.05) is 0 Å². The number of rotatable bonds is 2. The summed E-state index contributed by atoms with van der Waals surface area (Å²) in [4.78, 5) is 10.6. The maximum Gasteiger partial charge on any atom is 0.275 e. The lowest BCUT2D eigenvalue weighted by molar-refractivity contribution is -0.386. The van der Waals surface area contributed by atoms with Gasteiger partial charge in [0.1, 0.15) is 0 Å². The highest BCUT2D eigenvalue weighted by Gasteiger charge is 2.21. The lowest BCUT2D eigenvalue weighted by atomic mass is 9.93. The second-order valence-electron chi connectivity index (χ2n) is 3.72. The predicted octanol–water partition coefficient (Wildman–Crippen LogP) is 3.57. The lowest BCUT2D eigenvalue weighted by Gasteiger charge is -2.13. The van der Waals surface area contributed by atoms with Gasteiger partial charge in [-0.3, -0.25) is 10.1 Å². The molecule has 0 atom stereocenters. The van der Waals surface area contributed by atoms with Crippen molar-refractivity contribution in [1.82, 2.24) is 0 Å². The molecule has 4 heteroatoms. The van der Waals surface area contributed by atoms with Crippen LogP contribution in [-0.4, -0.2) is 4.92 Å². The topological polar surface area (TPSA) is 43.1 Å². The number of alkyl halides is 1. The van der Waals surface area contributed by atoms with Crippen LogP contribution in [-0.2, 0) is 5.88 Å². The van der Waals surface area contributed by atoms with Gasteiger partial charge in [-0.25, -0.2) is 0 Å². The van der Waals surface area contributed by atoms with Crippen LogP contribution in [0.25, 0.3) is 0 Å². The summed E-state index contributed by atoms with van der Waals surface area (Å²) in [6, 6.07) is 0. The number of nitro benzene ring substituents is 1. The second kappa shape index (κ2) is 4.19. The van der Waals surface area contributed by atoms with Gasteiger partial charge in [0.15, 0.2) is 0 Å². The minimum absolute atomic E-state index is 0.203. The SMILES string of the molecule is Cc1c(C)c(CCl)c(C)c([N+](=O)[O-])c1C. The Morgan fingerprint density at radius 1 is 1.07 bits per heavy atom. The Hall–Kier alpha value is -1.09. The molecule has 82 valence electrons. The van der Waals surface area contributed by atoms with E-state index in [9.17, 15) is 10.1 Å². The number of nitro groups is 1. The molecule has 0 aliphatic rings. The van der Waals surface area contributed by atoms with E-state index in [1.54, 1.807) is 13.8 Å². The van der Waals surface area contributed by atoms with Crippen molar-refractivity contribution in [2.24, 2.45) is 0 Å².